The van der Waals surface area contributed by atoms with Crippen molar-refractivity contribution in [1.29, 1.82) is 0 Å². The number of benzene rings is 1. The summed E-state index contributed by atoms with van der Waals surface area (Å²) in [5.74, 6) is -2.28. The van der Waals surface area contributed by atoms with Gasteiger partial charge < -0.3 is 15.3 Å². The summed E-state index contributed by atoms with van der Waals surface area (Å²) in [4.78, 5) is 23.9. The summed E-state index contributed by atoms with van der Waals surface area (Å²) < 4.78 is 26.1. The molecule has 1 saturated heterocycles. The van der Waals surface area contributed by atoms with Crippen molar-refractivity contribution in [3.05, 3.63) is 29.8 Å². The van der Waals surface area contributed by atoms with Crippen molar-refractivity contribution in [2.24, 2.45) is 0 Å². The number of thioether (sulfide) groups is 1. The van der Waals surface area contributed by atoms with Gasteiger partial charge in [0.05, 0.1) is 11.6 Å². The lowest BCUT2D eigenvalue weighted by atomic mass is 10.3. The Labute approximate surface area is 111 Å². The Morgan fingerprint density at radius 3 is 2.79 bits per heavy atom. The monoisotopic (exact) mass is 288 g/mol. The normalized spacial score (nSPS) is 18.4. The van der Waals surface area contributed by atoms with E-state index >= 15 is 0 Å². The smallest absolute Gasteiger partial charge is 0.327 e. The number of carbonyl (C=O) groups is 2. The molecule has 1 atom stereocenters. The Balaban J connectivity index is 2.10. The Morgan fingerprint density at radius 2 is 2.16 bits per heavy atom. The molecule has 1 aliphatic heterocycles. The van der Waals surface area contributed by atoms with Gasteiger partial charge in [0.15, 0.2) is 0 Å². The third-order valence-electron chi connectivity index (χ3n) is 2.60. The van der Waals surface area contributed by atoms with Crippen LogP contribution in [0.2, 0.25) is 0 Å². The molecule has 1 unspecified atom stereocenters. The molecule has 102 valence electrons. The summed E-state index contributed by atoms with van der Waals surface area (Å²) >= 11 is 1.29. The van der Waals surface area contributed by atoms with Crippen molar-refractivity contribution in [2.45, 2.75) is 6.04 Å². The lowest BCUT2D eigenvalue weighted by molar-refractivity contribution is -0.140. The highest BCUT2D eigenvalue weighted by Crippen LogP contribution is 2.23. The lowest BCUT2D eigenvalue weighted by Crippen LogP contribution is -2.44. The first-order valence-electron chi connectivity index (χ1n) is 5.32. The second kappa shape index (κ2) is 5.43. The Hall–Kier alpha value is -1.83. The number of amides is 2. The molecule has 19 heavy (non-hydrogen) atoms. The number of aliphatic carboxylic acids is 1. The van der Waals surface area contributed by atoms with Crippen LogP contribution in [-0.4, -0.2) is 39.7 Å². The van der Waals surface area contributed by atoms with Crippen LogP contribution in [0.4, 0.5) is 19.3 Å². The molecule has 2 rings (SSSR count). The molecule has 0 aromatic heterocycles. The number of nitrogens with zero attached hydrogens (tertiary/aromatic N) is 1. The summed E-state index contributed by atoms with van der Waals surface area (Å²) in [5.41, 5.74) is -0.188. The molecule has 1 aromatic carbocycles. The molecule has 0 bridgehead atoms. The number of hydrogen-bond donors (Lipinski definition) is 2. The van der Waals surface area contributed by atoms with Crippen LogP contribution in [0.3, 0.4) is 0 Å². The topological polar surface area (TPSA) is 69.6 Å². The van der Waals surface area contributed by atoms with E-state index in [9.17, 15) is 18.4 Å². The average molecular weight is 288 g/mol. The van der Waals surface area contributed by atoms with Crippen molar-refractivity contribution >= 4 is 29.4 Å². The van der Waals surface area contributed by atoms with E-state index in [-0.39, 0.29) is 17.3 Å². The van der Waals surface area contributed by atoms with Crippen molar-refractivity contribution < 1.29 is 23.5 Å². The zero-order valence-electron chi connectivity index (χ0n) is 9.60. The van der Waals surface area contributed by atoms with E-state index in [1.165, 1.54) is 11.8 Å². The molecule has 0 spiro atoms. The molecule has 1 fully saturated rings. The molecule has 2 amide bonds. The predicted octanol–water partition coefficient (Wildman–Crippen LogP) is 1.96. The molecular formula is C11H10F2N2O3S. The Bertz CT molecular complexity index is 527. The SMILES string of the molecule is O=C(O)C1CSCN1C(=O)Nc1ccc(F)cc1F. The van der Waals surface area contributed by atoms with E-state index in [0.717, 1.165) is 17.0 Å². The highest BCUT2D eigenvalue weighted by atomic mass is 32.2. The van der Waals surface area contributed by atoms with Crippen LogP contribution in [-0.2, 0) is 4.79 Å². The minimum Gasteiger partial charge on any atom is -0.480 e. The van der Waals surface area contributed by atoms with Crippen LogP contribution in [0.1, 0.15) is 0 Å². The number of halogens is 2. The number of anilines is 1. The van der Waals surface area contributed by atoms with Crippen molar-refractivity contribution in [1.82, 2.24) is 4.90 Å². The molecule has 8 heteroatoms. The molecule has 1 heterocycles. The first-order valence-corrected chi connectivity index (χ1v) is 6.47. The van der Waals surface area contributed by atoms with Gasteiger partial charge in [0.2, 0.25) is 0 Å². The highest BCUT2D eigenvalue weighted by molar-refractivity contribution is 7.99. The average Bonchev–Trinajstić information content (AvgIpc) is 2.82. The molecular weight excluding hydrogens is 278 g/mol. The largest absolute Gasteiger partial charge is 0.480 e. The van der Waals surface area contributed by atoms with Crippen LogP contribution >= 0.6 is 11.8 Å². The first-order chi connectivity index (χ1) is 8.99. The highest BCUT2D eigenvalue weighted by Gasteiger charge is 2.34. The number of rotatable bonds is 2. The van der Waals surface area contributed by atoms with Gasteiger partial charge in [-0.15, -0.1) is 11.8 Å². The summed E-state index contributed by atoms with van der Waals surface area (Å²) in [7, 11) is 0. The minimum absolute atomic E-state index is 0.188. The summed E-state index contributed by atoms with van der Waals surface area (Å²) in [6.45, 7) is 0. The second-order valence-corrected chi connectivity index (χ2v) is 4.88. The molecule has 1 aliphatic rings. The fourth-order valence-corrected chi connectivity index (χ4v) is 2.77. The van der Waals surface area contributed by atoms with Gasteiger partial charge in [0.1, 0.15) is 17.7 Å². The predicted molar refractivity (Wildman–Crippen MR) is 66.0 cm³/mol. The minimum atomic E-state index is -1.11. The van der Waals surface area contributed by atoms with Crippen molar-refractivity contribution in [3.63, 3.8) is 0 Å². The van der Waals surface area contributed by atoms with Gasteiger partial charge in [-0.3, -0.25) is 0 Å². The molecule has 1 aromatic rings. The quantitative estimate of drug-likeness (QED) is 0.872. The molecule has 0 radical (unpaired) electrons. The Kier molecular flexibility index (Phi) is 3.89. The van der Waals surface area contributed by atoms with E-state index in [2.05, 4.69) is 5.32 Å². The van der Waals surface area contributed by atoms with Crippen LogP contribution in [0.15, 0.2) is 18.2 Å². The van der Waals surface area contributed by atoms with Gasteiger partial charge in [0, 0.05) is 11.8 Å². The third-order valence-corrected chi connectivity index (χ3v) is 3.61. The number of hydrogen-bond acceptors (Lipinski definition) is 3. The van der Waals surface area contributed by atoms with Gasteiger partial charge in [-0.2, -0.15) is 0 Å². The number of urea groups is 1. The molecule has 0 aliphatic carbocycles. The number of carboxylic acids is 1. The van der Waals surface area contributed by atoms with Crippen LogP contribution < -0.4 is 5.32 Å². The maximum absolute atomic E-state index is 13.4. The maximum Gasteiger partial charge on any atom is 0.327 e. The third kappa shape index (κ3) is 2.95. The summed E-state index contributed by atoms with van der Waals surface area (Å²) in [6.07, 6.45) is 0. The van der Waals surface area contributed by atoms with Gasteiger partial charge >= 0.3 is 12.0 Å². The fraction of sp³-hybridized carbons (Fsp3) is 0.273. The van der Waals surface area contributed by atoms with Crippen molar-refractivity contribution in [3.8, 4) is 0 Å². The van der Waals surface area contributed by atoms with Gasteiger partial charge in [0.25, 0.3) is 0 Å². The standard InChI is InChI=1S/C11H10F2N2O3S/c12-6-1-2-8(7(13)3-6)14-11(18)15-5-19-4-9(15)10(16)17/h1-3,9H,4-5H2,(H,14,18)(H,16,17). The van der Waals surface area contributed by atoms with Gasteiger partial charge in [-0.1, -0.05) is 0 Å². The van der Waals surface area contributed by atoms with E-state index in [0.29, 0.717) is 6.07 Å². The Morgan fingerprint density at radius 1 is 1.42 bits per heavy atom. The van der Waals surface area contributed by atoms with E-state index in [4.69, 9.17) is 5.11 Å². The van der Waals surface area contributed by atoms with Crippen LogP contribution in [0.25, 0.3) is 0 Å². The number of carboxylic acid groups (broad SMARTS) is 1. The zero-order chi connectivity index (χ0) is 14.0. The number of nitrogens with one attached hydrogen (secondary N) is 1. The molecule has 2 N–H and O–H groups in total. The van der Waals surface area contributed by atoms with Crippen LogP contribution in [0.5, 0.6) is 0 Å². The molecule has 5 nitrogen and oxygen atoms in total. The zero-order valence-corrected chi connectivity index (χ0v) is 10.4. The summed E-state index contributed by atoms with van der Waals surface area (Å²) in [5, 5.41) is 11.2. The van der Waals surface area contributed by atoms with Crippen molar-refractivity contribution in [2.75, 3.05) is 16.9 Å². The van der Waals surface area contributed by atoms with Crippen LogP contribution in [0, 0.1) is 11.6 Å². The van der Waals surface area contributed by atoms with E-state index < -0.39 is 29.7 Å². The first kappa shape index (κ1) is 13.6. The number of carbonyl (C=O) groups excluding carboxylic acids is 1. The van der Waals surface area contributed by atoms with E-state index in [1.54, 1.807) is 0 Å². The lowest BCUT2D eigenvalue weighted by Gasteiger charge is -2.21. The van der Waals surface area contributed by atoms with Gasteiger partial charge in [-0.25, -0.2) is 18.4 Å². The van der Waals surface area contributed by atoms with E-state index in [1.807, 2.05) is 0 Å². The summed E-state index contributed by atoms with van der Waals surface area (Å²) in [6, 6.07) is 1.08. The maximum atomic E-state index is 13.4. The van der Waals surface area contributed by atoms with Gasteiger partial charge in [-0.05, 0) is 12.1 Å². The molecule has 0 saturated carbocycles. The second-order valence-electron chi connectivity index (χ2n) is 3.88. The fourth-order valence-electron chi connectivity index (χ4n) is 1.63.